The maximum absolute atomic E-state index is 11.3. The van der Waals surface area contributed by atoms with Gasteiger partial charge in [0.15, 0.2) is 0 Å². The molecule has 0 amide bonds. The predicted octanol–water partition coefficient (Wildman–Crippen LogP) is 1.70. The lowest BCUT2D eigenvalue weighted by molar-refractivity contribution is 0.108. The minimum Gasteiger partial charge on any atom is -0.282 e. The van der Waals surface area contributed by atoms with E-state index in [1.807, 2.05) is 13.8 Å². The van der Waals surface area contributed by atoms with E-state index in [2.05, 4.69) is 4.98 Å². The molecule has 0 saturated heterocycles. The smallest absolute Gasteiger partial charge is 0.282 e. The molecule has 1 aromatic heterocycles. The van der Waals surface area contributed by atoms with Crippen molar-refractivity contribution in [3.63, 3.8) is 0 Å². The van der Waals surface area contributed by atoms with Gasteiger partial charge in [0.1, 0.15) is 5.69 Å². The maximum Gasteiger partial charge on any atom is 0.287 e. The average Bonchev–Trinajstić information content (AvgIpc) is 2.45. The van der Waals surface area contributed by atoms with Crippen molar-refractivity contribution in [1.29, 1.82) is 0 Å². The van der Waals surface area contributed by atoms with Gasteiger partial charge < -0.3 is 0 Å². The first-order valence-corrected chi connectivity index (χ1v) is 7.15. The van der Waals surface area contributed by atoms with Crippen LogP contribution in [-0.2, 0) is 6.42 Å². The summed E-state index contributed by atoms with van der Waals surface area (Å²) >= 11 is 3.21. The zero-order valence-corrected chi connectivity index (χ0v) is 10.1. The van der Waals surface area contributed by atoms with Gasteiger partial charge >= 0.3 is 0 Å². The van der Waals surface area contributed by atoms with E-state index >= 15 is 0 Å². The van der Waals surface area contributed by atoms with Crippen molar-refractivity contribution in [2.75, 3.05) is 0 Å². The highest BCUT2D eigenvalue weighted by molar-refractivity contribution is 8.31. The molecular formula is C7H9AlNOS2. The summed E-state index contributed by atoms with van der Waals surface area (Å²) in [7, 11) is 1.25. The number of aryl methyl sites for hydroxylation is 2. The second-order valence-electron chi connectivity index (χ2n) is 2.30. The Kier molecular flexibility index (Phi) is 3.79. The van der Waals surface area contributed by atoms with Crippen LogP contribution in [0.1, 0.15) is 27.3 Å². The van der Waals surface area contributed by atoms with Crippen molar-refractivity contribution >= 4 is 41.7 Å². The Morgan fingerprint density at radius 2 is 2.42 bits per heavy atom. The van der Waals surface area contributed by atoms with Gasteiger partial charge in [-0.3, -0.25) is 4.79 Å². The Bertz CT molecular complexity index is 298. The zero-order chi connectivity index (χ0) is 9.14. The highest BCUT2D eigenvalue weighted by Gasteiger charge is 2.12. The molecule has 0 bridgehead atoms. The molecule has 1 aromatic rings. The number of nitrogens with zero attached hydrogens (tertiary/aromatic N) is 1. The van der Waals surface area contributed by atoms with Gasteiger partial charge in [-0.25, -0.2) is 15.1 Å². The van der Waals surface area contributed by atoms with Crippen LogP contribution < -0.4 is 0 Å². The third-order valence-electron chi connectivity index (χ3n) is 1.47. The Hall–Kier alpha value is 0.182. The van der Waals surface area contributed by atoms with Crippen LogP contribution in [0.25, 0.3) is 0 Å². The quantitative estimate of drug-likeness (QED) is 0.702. The topological polar surface area (TPSA) is 30.0 Å². The minimum absolute atomic E-state index is 0.0850. The third kappa shape index (κ3) is 2.11. The zero-order valence-electron chi connectivity index (χ0n) is 7.09. The average molecular weight is 214 g/mol. The van der Waals surface area contributed by atoms with Gasteiger partial charge in [-0.1, -0.05) is 6.92 Å². The Morgan fingerprint density at radius 1 is 1.75 bits per heavy atom. The van der Waals surface area contributed by atoms with Crippen molar-refractivity contribution in [2.45, 2.75) is 20.3 Å². The van der Waals surface area contributed by atoms with Crippen molar-refractivity contribution < 1.29 is 4.79 Å². The number of hydrogen-bond acceptors (Lipinski definition) is 4. The number of carbonyl (C=O) groups excluding carboxylic acids is 1. The van der Waals surface area contributed by atoms with E-state index in [0.29, 0.717) is 5.69 Å². The lowest BCUT2D eigenvalue weighted by atomic mass is 10.4. The molecule has 1 heterocycles. The normalized spacial score (nSPS) is 10.2. The molecule has 5 heteroatoms. The second-order valence-corrected chi connectivity index (χ2v) is 5.11. The fourth-order valence-electron chi connectivity index (χ4n) is 0.860. The van der Waals surface area contributed by atoms with Crippen molar-refractivity contribution in [3.8, 4) is 0 Å². The number of aromatic nitrogens is 1. The van der Waals surface area contributed by atoms with Gasteiger partial charge in [0.25, 0.3) is 15.2 Å². The molecule has 63 valence electrons. The Morgan fingerprint density at radius 3 is 2.83 bits per heavy atom. The van der Waals surface area contributed by atoms with Crippen LogP contribution in [0.15, 0.2) is 0 Å². The highest BCUT2D eigenvalue weighted by Crippen LogP contribution is 2.20. The SMILES string of the molecule is CCc1nc(C(=O)[S][AlH])c(C)s1. The standard InChI is InChI=1S/C7H9NOS2.Al.H/c1-3-5-8-6(7(9)10)4(2)11-5;;/h3H2,1-2H3,(H,9,10);;/q;+1;/p-1. The lowest BCUT2D eigenvalue weighted by Gasteiger charge is -1.91. The highest BCUT2D eigenvalue weighted by atomic mass is 32.3. The second kappa shape index (κ2) is 4.43. The molecule has 0 saturated carbocycles. The fraction of sp³-hybridized carbons (Fsp3) is 0.429. The lowest BCUT2D eigenvalue weighted by Crippen LogP contribution is -1.95. The molecular weight excluding hydrogens is 205 g/mol. The third-order valence-corrected chi connectivity index (χ3v) is 3.83. The fourth-order valence-corrected chi connectivity index (χ4v) is 2.54. The van der Waals surface area contributed by atoms with Crippen LogP contribution >= 0.6 is 21.5 Å². The molecule has 0 fully saturated rings. The van der Waals surface area contributed by atoms with Crippen LogP contribution in [0.4, 0.5) is 0 Å². The summed E-state index contributed by atoms with van der Waals surface area (Å²) in [5.74, 6) is 0. The molecule has 0 unspecified atom stereocenters. The van der Waals surface area contributed by atoms with Gasteiger partial charge in [0, 0.05) is 4.88 Å². The molecule has 1 rings (SSSR count). The van der Waals surface area contributed by atoms with Crippen molar-refractivity contribution in [2.24, 2.45) is 0 Å². The Labute approximate surface area is 87.2 Å². The van der Waals surface area contributed by atoms with Crippen molar-refractivity contribution in [3.05, 3.63) is 15.6 Å². The molecule has 0 N–H and O–H groups in total. The molecule has 1 radical (unpaired) electrons. The minimum atomic E-state index is 0.0850. The summed E-state index contributed by atoms with van der Waals surface area (Å²) in [6.45, 7) is 4.00. The molecule has 0 atom stereocenters. The van der Waals surface area contributed by atoms with E-state index < -0.39 is 0 Å². The molecule has 0 spiro atoms. The Balaban J connectivity index is 2.99. The first-order chi connectivity index (χ1) is 5.69. The summed E-state index contributed by atoms with van der Waals surface area (Å²) < 4.78 is 0. The van der Waals surface area contributed by atoms with E-state index in [0.717, 1.165) is 16.3 Å². The van der Waals surface area contributed by atoms with E-state index in [1.54, 1.807) is 26.5 Å². The van der Waals surface area contributed by atoms with Crippen LogP contribution in [0.5, 0.6) is 0 Å². The molecule has 0 aliphatic carbocycles. The van der Waals surface area contributed by atoms with Crippen LogP contribution in [0, 0.1) is 6.92 Å². The molecule has 0 aliphatic rings. The first-order valence-electron chi connectivity index (χ1n) is 3.61. The monoisotopic (exact) mass is 214 g/mol. The first kappa shape index (κ1) is 10.3. The van der Waals surface area contributed by atoms with Gasteiger partial charge in [-0.05, 0) is 13.3 Å². The van der Waals surface area contributed by atoms with Crippen LogP contribution in [0.2, 0.25) is 0 Å². The van der Waals surface area contributed by atoms with E-state index in [9.17, 15) is 4.79 Å². The van der Waals surface area contributed by atoms with E-state index in [-0.39, 0.29) is 5.12 Å². The summed E-state index contributed by atoms with van der Waals surface area (Å²) in [6, 6.07) is 0. The largest absolute Gasteiger partial charge is 0.287 e. The van der Waals surface area contributed by atoms with E-state index in [1.165, 1.54) is 10.1 Å². The summed E-state index contributed by atoms with van der Waals surface area (Å²) in [6.07, 6.45) is 0.912. The van der Waals surface area contributed by atoms with Crippen molar-refractivity contribution in [1.82, 2.24) is 4.98 Å². The number of thiazole rings is 1. The summed E-state index contributed by atoms with van der Waals surface area (Å²) in [5, 5.41) is 1.13. The van der Waals surface area contributed by atoms with Gasteiger partial charge in [-0.15, -0.1) is 11.3 Å². The predicted molar refractivity (Wildman–Crippen MR) is 55.3 cm³/mol. The van der Waals surface area contributed by atoms with Gasteiger partial charge in [0.2, 0.25) is 5.12 Å². The van der Waals surface area contributed by atoms with Gasteiger partial charge in [0.05, 0.1) is 5.01 Å². The van der Waals surface area contributed by atoms with Crippen LogP contribution in [-0.4, -0.2) is 25.3 Å². The molecule has 12 heavy (non-hydrogen) atoms. The van der Waals surface area contributed by atoms with Gasteiger partial charge in [-0.2, -0.15) is 0 Å². The number of rotatable bonds is 2. The van der Waals surface area contributed by atoms with E-state index in [4.69, 9.17) is 0 Å². The molecule has 0 aromatic carbocycles. The summed E-state index contributed by atoms with van der Waals surface area (Å²) in [4.78, 5) is 16.6. The maximum atomic E-state index is 11.3. The molecule has 2 nitrogen and oxygen atoms in total. The number of carbonyl (C=O) groups is 1. The van der Waals surface area contributed by atoms with Crippen LogP contribution in [0.3, 0.4) is 0 Å². The summed E-state index contributed by atoms with van der Waals surface area (Å²) in [5.41, 5.74) is 0.650. The number of hydrogen-bond donors (Lipinski definition) is 0. The molecule has 0 aliphatic heterocycles.